The van der Waals surface area contributed by atoms with Crippen LogP contribution < -0.4 is 19.9 Å². The Morgan fingerprint density at radius 3 is 2.42 bits per heavy atom. The van der Waals surface area contributed by atoms with Gasteiger partial charge in [-0.05, 0) is 55.8 Å². The standard InChI is InChI=1S/C25H28F3N5O5/c1-4-31(5-2)12-13-37-22(35)30-19-15-29-11-10-20(19)33-23(36)32(21(34)24(33)14-16(24)3)17-6-8-18(9-7-17)38-25(26,27)28/h6-11,15-16H,4-5,12-14H2,1-3H3,(H,30,35). The molecule has 2 heterocycles. The van der Waals surface area contributed by atoms with Crippen LogP contribution in [0.5, 0.6) is 5.75 Å². The number of rotatable bonds is 9. The number of carbonyl (C=O) groups is 3. The molecule has 2 atom stereocenters. The second kappa shape index (κ2) is 10.5. The van der Waals surface area contributed by atoms with Crippen LogP contribution in [0.1, 0.15) is 27.2 Å². The number of hydrogen-bond acceptors (Lipinski definition) is 7. The summed E-state index contributed by atoms with van der Waals surface area (Å²) in [6.45, 7) is 8.17. The number of alkyl halides is 3. The van der Waals surface area contributed by atoms with E-state index in [0.29, 0.717) is 13.0 Å². The quantitative estimate of drug-likeness (QED) is 0.467. The molecule has 1 saturated heterocycles. The van der Waals surface area contributed by atoms with E-state index in [0.717, 1.165) is 30.1 Å². The Morgan fingerprint density at radius 2 is 1.84 bits per heavy atom. The molecule has 10 nitrogen and oxygen atoms in total. The fourth-order valence-corrected chi connectivity index (χ4v) is 4.64. The molecular formula is C25H28F3N5O5. The summed E-state index contributed by atoms with van der Waals surface area (Å²) in [6, 6.07) is 5.28. The fraction of sp³-hybridized carbons (Fsp3) is 0.440. The first kappa shape index (κ1) is 27.2. The molecule has 1 saturated carbocycles. The normalized spacial score (nSPS) is 20.9. The molecule has 4 amide bonds. The summed E-state index contributed by atoms with van der Waals surface area (Å²) in [7, 11) is 0. The molecule has 1 aliphatic carbocycles. The maximum Gasteiger partial charge on any atom is 0.573 e. The van der Waals surface area contributed by atoms with Crippen LogP contribution in [-0.4, -0.2) is 66.1 Å². The Labute approximate surface area is 217 Å². The van der Waals surface area contributed by atoms with E-state index < -0.39 is 35.7 Å². The van der Waals surface area contributed by atoms with E-state index in [-0.39, 0.29) is 29.6 Å². The summed E-state index contributed by atoms with van der Waals surface area (Å²) in [5, 5.41) is 2.61. The third kappa shape index (κ3) is 5.23. The molecule has 2 unspecified atom stereocenters. The molecule has 204 valence electrons. The van der Waals surface area contributed by atoms with Crippen LogP contribution in [0.25, 0.3) is 0 Å². The zero-order valence-electron chi connectivity index (χ0n) is 21.1. The molecule has 1 aliphatic heterocycles. The first-order chi connectivity index (χ1) is 18.0. The summed E-state index contributed by atoms with van der Waals surface area (Å²) < 4.78 is 46.7. The Morgan fingerprint density at radius 1 is 1.18 bits per heavy atom. The molecule has 1 aromatic carbocycles. The van der Waals surface area contributed by atoms with Gasteiger partial charge in [0.1, 0.15) is 17.9 Å². The topological polar surface area (TPSA) is 104 Å². The van der Waals surface area contributed by atoms with Crippen molar-refractivity contribution in [1.29, 1.82) is 0 Å². The highest BCUT2D eigenvalue weighted by Crippen LogP contribution is 2.56. The molecule has 1 spiro atoms. The van der Waals surface area contributed by atoms with Crippen LogP contribution in [0.2, 0.25) is 0 Å². The van der Waals surface area contributed by atoms with Gasteiger partial charge in [0.15, 0.2) is 0 Å². The Kier molecular flexibility index (Phi) is 7.49. The van der Waals surface area contributed by atoms with Gasteiger partial charge in [-0.25, -0.2) is 14.5 Å². The predicted octanol–water partition coefficient (Wildman–Crippen LogP) is 4.62. The lowest BCUT2D eigenvalue weighted by Crippen LogP contribution is -2.39. The molecule has 0 bridgehead atoms. The number of carbonyl (C=O) groups excluding carboxylic acids is 3. The monoisotopic (exact) mass is 535 g/mol. The van der Waals surface area contributed by atoms with Crippen LogP contribution in [0.15, 0.2) is 42.7 Å². The predicted molar refractivity (Wildman–Crippen MR) is 132 cm³/mol. The summed E-state index contributed by atoms with van der Waals surface area (Å²) in [5.74, 6) is -1.19. The Balaban J connectivity index is 1.57. The van der Waals surface area contributed by atoms with E-state index in [1.54, 1.807) is 0 Å². The van der Waals surface area contributed by atoms with Gasteiger partial charge in [0.05, 0.1) is 23.3 Å². The Bertz CT molecular complexity index is 1200. The third-order valence-electron chi connectivity index (χ3n) is 6.77. The number of urea groups is 1. The van der Waals surface area contributed by atoms with Crippen LogP contribution in [0.4, 0.5) is 39.8 Å². The highest BCUT2D eigenvalue weighted by Gasteiger charge is 2.70. The van der Waals surface area contributed by atoms with Gasteiger partial charge in [0.2, 0.25) is 0 Å². The minimum absolute atomic E-state index is 0.0925. The fourth-order valence-electron chi connectivity index (χ4n) is 4.64. The first-order valence-corrected chi connectivity index (χ1v) is 12.2. The van der Waals surface area contributed by atoms with Gasteiger partial charge in [-0.3, -0.25) is 20.0 Å². The number of nitrogens with one attached hydrogen (secondary N) is 1. The van der Waals surface area contributed by atoms with Crippen LogP contribution >= 0.6 is 0 Å². The van der Waals surface area contributed by atoms with E-state index >= 15 is 0 Å². The summed E-state index contributed by atoms with van der Waals surface area (Å²) >= 11 is 0. The number of benzene rings is 1. The van der Waals surface area contributed by atoms with Gasteiger partial charge in [0.25, 0.3) is 5.91 Å². The molecule has 2 fully saturated rings. The van der Waals surface area contributed by atoms with Gasteiger partial charge in [-0.15, -0.1) is 13.2 Å². The van der Waals surface area contributed by atoms with Crippen molar-refractivity contribution in [3.05, 3.63) is 42.7 Å². The highest BCUT2D eigenvalue weighted by molar-refractivity contribution is 6.32. The van der Waals surface area contributed by atoms with E-state index in [1.165, 1.54) is 35.5 Å². The molecule has 13 heteroatoms. The number of nitrogens with zero attached hydrogens (tertiary/aromatic N) is 4. The molecule has 38 heavy (non-hydrogen) atoms. The van der Waals surface area contributed by atoms with E-state index in [1.807, 2.05) is 20.8 Å². The molecular weight excluding hydrogens is 507 g/mol. The summed E-state index contributed by atoms with van der Waals surface area (Å²) in [4.78, 5) is 48.0. The number of aromatic nitrogens is 1. The molecule has 1 N–H and O–H groups in total. The number of halogens is 3. The average molecular weight is 536 g/mol. The molecule has 4 rings (SSSR count). The lowest BCUT2D eigenvalue weighted by molar-refractivity contribution is -0.274. The zero-order valence-corrected chi connectivity index (χ0v) is 21.1. The number of anilines is 3. The van der Waals surface area contributed by atoms with E-state index in [2.05, 4.69) is 19.9 Å². The van der Waals surface area contributed by atoms with Gasteiger partial charge >= 0.3 is 18.5 Å². The van der Waals surface area contributed by atoms with Gasteiger partial charge in [-0.2, -0.15) is 0 Å². The molecule has 1 aromatic heterocycles. The van der Waals surface area contributed by atoms with Gasteiger partial charge < -0.3 is 14.4 Å². The minimum atomic E-state index is -4.87. The molecule has 2 aromatic rings. The van der Waals surface area contributed by atoms with Crippen molar-refractivity contribution in [2.24, 2.45) is 5.92 Å². The van der Waals surface area contributed by atoms with Crippen LogP contribution in [0.3, 0.4) is 0 Å². The number of amides is 4. The van der Waals surface area contributed by atoms with Crippen molar-refractivity contribution in [2.75, 3.05) is 41.4 Å². The van der Waals surface area contributed by atoms with Crippen molar-refractivity contribution in [3.8, 4) is 5.75 Å². The number of imide groups is 1. The largest absolute Gasteiger partial charge is 0.573 e. The van der Waals surface area contributed by atoms with Crippen LogP contribution in [-0.2, 0) is 9.53 Å². The van der Waals surface area contributed by atoms with Gasteiger partial charge in [-0.1, -0.05) is 20.8 Å². The zero-order chi connectivity index (χ0) is 27.7. The van der Waals surface area contributed by atoms with Crippen molar-refractivity contribution < 1.29 is 37.0 Å². The Hall–Kier alpha value is -3.87. The van der Waals surface area contributed by atoms with Gasteiger partial charge in [0, 0.05) is 12.7 Å². The number of ether oxygens (including phenoxy) is 2. The van der Waals surface area contributed by atoms with E-state index in [9.17, 15) is 27.6 Å². The lowest BCUT2D eigenvalue weighted by Gasteiger charge is -2.24. The second-order valence-electron chi connectivity index (χ2n) is 9.01. The summed E-state index contributed by atoms with van der Waals surface area (Å²) in [6.07, 6.45) is -2.46. The highest BCUT2D eigenvalue weighted by atomic mass is 19.4. The summed E-state index contributed by atoms with van der Waals surface area (Å²) in [5.41, 5.74) is -0.670. The molecule has 0 radical (unpaired) electrons. The maximum atomic E-state index is 13.6. The number of likely N-dealkylation sites (N-methyl/N-ethyl adjacent to an activating group) is 1. The number of hydrogen-bond donors (Lipinski definition) is 1. The maximum absolute atomic E-state index is 13.6. The molecule has 2 aliphatic rings. The first-order valence-electron chi connectivity index (χ1n) is 12.2. The SMILES string of the molecule is CCN(CC)CCOC(=O)Nc1cnccc1N1C(=O)N(c2ccc(OC(F)(F)F)cc2)C(=O)C12CC2C. The lowest BCUT2D eigenvalue weighted by atomic mass is 10.1. The average Bonchev–Trinajstić information content (AvgIpc) is 3.48. The van der Waals surface area contributed by atoms with Crippen molar-refractivity contribution in [1.82, 2.24) is 9.88 Å². The van der Waals surface area contributed by atoms with Crippen molar-refractivity contribution in [3.63, 3.8) is 0 Å². The third-order valence-corrected chi connectivity index (χ3v) is 6.77. The minimum Gasteiger partial charge on any atom is -0.448 e. The van der Waals surface area contributed by atoms with Crippen molar-refractivity contribution in [2.45, 2.75) is 39.1 Å². The second-order valence-corrected chi connectivity index (χ2v) is 9.01. The smallest absolute Gasteiger partial charge is 0.448 e. The van der Waals surface area contributed by atoms with Crippen molar-refractivity contribution >= 4 is 35.1 Å². The van der Waals surface area contributed by atoms with Crippen LogP contribution in [0, 0.1) is 5.92 Å². The number of pyridine rings is 1. The van der Waals surface area contributed by atoms with E-state index in [4.69, 9.17) is 4.74 Å².